The zero-order valence-electron chi connectivity index (χ0n) is 44.9. The van der Waals surface area contributed by atoms with E-state index >= 15 is 0 Å². The molecule has 74 heavy (non-hydrogen) atoms. The summed E-state index contributed by atoms with van der Waals surface area (Å²) in [7, 11) is 3.49. The number of piperazine rings is 1. The number of nitrogens with zero attached hydrogens (tertiary/aromatic N) is 4. The Bertz CT molecular complexity index is 2170. The summed E-state index contributed by atoms with van der Waals surface area (Å²) in [6.07, 6.45) is 18.3. The van der Waals surface area contributed by atoms with Gasteiger partial charge < -0.3 is 51.5 Å². The minimum Gasteiger partial charge on any atom is -0.368 e. The van der Waals surface area contributed by atoms with E-state index in [2.05, 4.69) is 78.1 Å². The normalized spacial score (nSPS) is 25.2. The van der Waals surface area contributed by atoms with E-state index < -0.39 is 36.3 Å². The molecule has 3 heterocycles. The van der Waals surface area contributed by atoms with Crippen LogP contribution in [0.4, 0.5) is 11.4 Å². The second-order valence-corrected chi connectivity index (χ2v) is 22.7. The third kappa shape index (κ3) is 11.8. The van der Waals surface area contributed by atoms with Crippen molar-refractivity contribution in [2.75, 3.05) is 63.2 Å². The molecule has 7 aliphatic rings. The van der Waals surface area contributed by atoms with Crippen molar-refractivity contribution in [3.05, 3.63) is 58.7 Å². The van der Waals surface area contributed by atoms with Crippen LogP contribution in [-0.4, -0.2) is 135 Å². The molecule has 8 atom stereocenters. The molecule has 404 valence electrons. The first-order valence-electron chi connectivity index (χ1n) is 28.9. The van der Waals surface area contributed by atoms with Crippen molar-refractivity contribution < 1.29 is 28.8 Å². The number of hydrogen-bond donors (Lipinski definition) is 6. The van der Waals surface area contributed by atoms with E-state index in [9.17, 15) is 28.8 Å². The van der Waals surface area contributed by atoms with Crippen LogP contribution in [0.25, 0.3) is 0 Å². The number of nitrogens with one attached hydrogen (secondary N) is 6. The number of rotatable bonds is 16. The summed E-state index contributed by atoms with van der Waals surface area (Å²) in [5, 5.41) is 19.1. The molecule has 0 radical (unpaired) electrons. The average Bonchev–Trinajstić information content (AvgIpc) is 4.15. The van der Waals surface area contributed by atoms with Crippen LogP contribution in [-0.2, 0) is 41.6 Å². The lowest BCUT2D eigenvalue weighted by atomic mass is 9.83. The molecule has 2 saturated carbocycles. The number of benzene rings is 2. The predicted octanol–water partition coefficient (Wildman–Crippen LogP) is 5.33. The molecule has 0 aromatic heterocycles. The molecule has 4 aliphatic carbocycles. The first-order chi connectivity index (χ1) is 35.9. The van der Waals surface area contributed by atoms with Crippen LogP contribution in [0.3, 0.4) is 0 Å². The molecule has 2 aromatic carbocycles. The lowest BCUT2D eigenvalue weighted by Crippen LogP contribution is -2.58. The highest BCUT2D eigenvalue weighted by Crippen LogP contribution is 2.40. The Kier molecular flexibility index (Phi) is 17.8. The molecule has 3 saturated heterocycles. The fourth-order valence-corrected chi connectivity index (χ4v) is 13.8. The Balaban J connectivity index is 0.830. The smallest absolute Gasteiger partial charge is 0.246 e. The van der Waals surface area contributed by atoms with Gasteiger partial charge in [0, 0.05) is 50.6 Å². The van der Waals surface area contributed by atoms with Crippen LogP contribution in [0.2, 0.25) is 0 Å². The summed E-state index contributed by atoms with van der Waals surface area (Å²) < 4.78 is 0. The number of amides is 6. The maximum Gasteiger partial charge on any atom is 0.246 e. The molecule has 5 fully saturated rings. The summed E-state index contributed by atoms with van der Waals surface area (Å²) in [6, 6.07) is 9.55. The number of fused-ring (bicyclic) bond motifs is 2. The Labute approximate surface area is 440 Å². The summed E-state index contributed by atoms with van der Waals surface area (Å²) >= 11 is 0. The van der Waals surface area contributed by atoms with Gasteiger partial charge in [0.2, 0.25) is 35.4 Å². The van der Waals surface area contributed by atoms with Crippen LogP contribution in [0.15, 0.2) is 36.4 Å². The van der Waals surface area contributed by atoms with Crippen LogP contribution >= 0.6 is 0 Å². The lowest BCUT2D eigenvalue weighted by Gasteiger charge is -2.41. The van der Waals surface area contributed by atoms with Crippen molar-refractivity contribution in [2.24, 2.45) is 11.8 Å². The van der Waals surface area contributed by atoms with Crippen molar-refractivity contribution in [3.8, 4) is 0 Å². The third-order valence-corrected chi connectivity index (χ3v) is 18.3. The number of carbonyl (C=O) groups excluding carboxylic acids is 6. The van der Waals surface area contributed by atoms with Crippen LogP contribution in [0.5, 0.6) is 0 Å². The molecule has 6 N–H and O–H groups in total. The topological polar surface area (TPSA) is 188 Å². The van der Waals surface area contributed by atoms with Gasteiger partial charge in [0.05, 0.1) is 24.2 Å². The summed E-state index contributed by atoms with van der Waals surface area (Å²) in [4.78, 5) is 92.2. The monoisotopic (exact) mass is 1020 g/mol. The molecule has 0 unspecified atom stereocenters. The highest BCUT2D eigenvalue weighted by atomic mass is 16.2. The van der Waals surface area contributed by atoms with Gasteiger partial charge in [0.15, 0.2) is 0 Å². The van der Waals surface area contributed by atoms with Crippen molar-refractivity contribution in [1.82, 2.24) is 41.7 Å². The highest BCUT2D eigenvalue weighted by Gasteiger charge is 2.44. The zero-order chi connectivity index (χ0) is 51.9. The van der Waals surface area contributed by atoms with Crippen molar-refractivity contribution in [3.63, 3.8) is 0 Å². The fourth-order valence-electron chi connectivity index (χ4n) is 13.8. The van der Waals surface area contributed by atoms with Gasteiger partial charge in [-0.05, 0) is 164 Å². The molecular formula is C58H86N10O6. The molecule has 16 nitrogen and oxygen atoms in total. The maximum atomic E-state index is 14.4. The van der Waals surface area contributed by atoms with E-state index in [4.69, 9.17) is 0 Å². The standard InChI is InChI=1S/C58H86N10O6/c1-37(59-3)53(69)63-51(39-17-7-5-8-18-39)57(73)67-31-15-29-49(67)55(71)61-45-25-11-23-43-41(45)21-13-27-47(43)65-33-35-66(36-34-65)48-28-14-22-42-44(48)24-12-26-46(42)62-56(72)50-30-16-32-68(50)58(74)52(40-19-9-6-10-20-40)64-54(70)38(2)60-4/h13-14,21-22,27-28,37-40,45-46,49-52,59-60H,5-12,15-20,23-26,29-36H2,1-4H3,(H,61,71)(H,62,72)(H,63,69)(H,64,70)/t37-,38-,45+,46+,49-,50-,51-,52-/m0/s1. The van der Waals surface area contributed by atoms with E-state index in [1.165, 1.54) is 33.6 Å². The highest BCUT2D eigenvalue weighted by molar-refractivity contribution is 5.95. The lowest BCUT2D eigenvalue weighted by molar-refractivity contribution is -0.143. The van der Waals surface area contributed by atoms with Crippen molar-refractivity contribution in [1.29, 1.82) is 0 Å². The van der Waals surface area contributed by atoms with Gasteiger partial charge in [-0.3, -0.25) is 28.8 Å². The SMILES string of the molecule is CN[C@@H](C)C(=O)N[C@H](C(=O)N1CCC[C@H]1C(=O)N[C@@H]1CCCc2c1cccc2N1CCN(c2cccc3c2CCC[C@H]3NC(=O)[C@@H]2CCCN2C(=O)[C@@H](NC(=O)[C@H](C)NC)C2CCCCC2)CC1)C1CCCCC1. The van der Waals surface area contributed by atoms with Gasteiger partial charge in [-0.1, -0.05) is 62.8 Å². The fraction of sp³-hybridized carbons (Fsp3) is 0.690. The molecule has 9 rings (SSSR count). The van der Waals surface area contributed by atoms with Crippen LogP contribution in [0.1, 0.15) is 164 Å². The number of likely N-dealkylation sites (N-methyl/N-ethyl adjacent to an activating group) is 2. The van der Waals surface area contributed by atoms with Gasteiger partial charge >= 0.3 is 0 Å². The second kappa shape index (κ2) is 24.6. The van der Waals surface area contributed by atoms with Gasteiger partial charge in [-0.2, -0.15) is 0 Å². The minimum absolute atomic E-state index is 0.0683. The Morgan fingerprint density at radius 2 is 0.865 bits per heavy atom. The predicted molar refractivity (Wildman–Crippen MR) is 288 cm³/mol. The molecule has 0 spiro atoms. The van der Waals surface area contributed by atoms with E-state index in [1.807, 2.05) is 0 Å². The molecule has 2 aromatic rings. The largest absolute Gasteiger partial charge is 0.368 e. The van der Waals surface area contributed by atoms with Crippen molar-refractivity contribution in [2.45, 2.75) is 191 Å². The second-order valence-electron chi connectivity index (χ2n) is 22.7. The Morgan fingerprint density at radius 3 is 1.24 bits per heavy atom. The molecule has 3 aliphatic heterocycles. The minimum atomic E-state index is -0.629. The quantitative estimate of drug-likeness (QED) is 0.128. The number of hydrogen-bond acceptors (Lipinski definition) is 10. The zero-order valence-corrected chi connectivity index (χ0v) is 44.9. The van der Waals surface area contributed by atoms with Gasteiger partial charge in [0.25, 0.3) is 0 Å². The molecular weight excluding hydrogens is 933 g/mol. The van der Waals surface area contributed by atoms with E-state index in [1.54, 1.807) is 37.7 Å². The van der Waals surface area contributed by atoms with Gasteiger partial charge in [0.1, 0.15) is 24.2 Å². The van der Waals surface area contributed by atoms with E-state index in [0.717, 1.165) is 142 Å². The Hall–Kier alpha value is -5.22. The molecule has 0 bridgehead atoms. The Morgan fingerprint density at radius 1 is 0.473 bits per heavy atom. The summed E-state index contributed by atoms with van der Waals surface area (Å²) in [5.41, 5.74) is 7.40. The third-order valence-electron chi connectivity index (χ3n) is 18.3. The number of carbonyl (C=O) groups is 6. The number of likely N-dealkylation sites (tertiary alicyclic amines) is 2. The van der Waals surface area contributed by atoms with Crippen LogP contribution in [0, 0.1) is 11.8 Å². The van der Waals surface area contributed by atoms with Crippen LogP contribution < -0.4 is 41.7 Å². The summed E-state index contributed by atoms with van der Waals surface area (Å²) in [5.74, 6) is -0.686. The first-order valence-corrected chi connectivity index (χ1v) is 28.9. The molecule has 6 amide bonds. The van der Waals surface area contributed by atoms with Gasteiger partial charge in [-0.25, -0.2) is 0 Å². The van der Waals surface area contributed by atoms with E-state index in [-0.39, 0.29) is 59.4 Å². The number of anilines is 2. The average molecular weight is 1020 g/mol. The van der Waals surface area contributed by atoms with Gasteiger partial charge in [-0.15, -0.1) is 0 Å². The summed E-state index contributed by atoms with van der Waals surface area (Å²) in [6.45, 7) is 8.04. The first kappa shape index (κ1) is 53.6. The van der Waals surface area contributed by atoms with Crippen molar-refractivity contribution >= 4 is 46.8 Å². The van der Waals surface area contributed by atoms with E-state index in [0.29, 0.717) is 25.9 Å². The molecule has 16 heteroatoms. The maximum absolute atomic E-state index is 14.4.